The molecule has 0 radical (unpaired) electrons. The standard InChI is InChI=1S/C41H50O9SSi/c1-29-18-24-34(25-19-29)51-40-38(48-39(42)32-16-12-9-13-17-32)37(44-26-30-14-10-8-11-15-30)36(49-50-52(6,7)41(2,3)4)35(47-40)28-46-45-27-31-20-22-33(43-5)23-21-31/h8-25,35-38,40H,26-28H2,1-7H3/t35-,36+,37-,38+,40-/m0/s1. The number of aryl methyl sites for hydroxylation is 1. The molecule has 0 unspecified atom stereocenters. The van der Waals surface area contributed by atoms with Gasteiger partial charge in [0.15, 0.2) is 6.10 Å². The van der Waals surface area contributed by atoms with Crippen LogP contribution < -0.4 is 4.74 Å². The average molecular weight is 747 g/mol. The van der Waals surface area contributed by atoms with Gasteiger partial charge < -0.3 is 18.9 Å². The van der Waals surface area contributed by atoms with E-state index < -0.39 is 44.1 Å². The molecule has 1 aliphatic heterocycles. The molecular formula is C41H50O9SSi. The summed E-state index contributed by atoms with van der Waals surface area (Å²) in [6, 6.07) is 34.4. The summed E-state index contributed by atoms with van der Waals surface area (Å²) < 4.78 is 31.5. The summed E-state index contributed by atoms with van der Waals surface area (Å²) >= 11 is 1.44. The van der Waals surface area contributed by atoms with Gasteiger partial charge in [-0.25, -0.2) is 19.5 Å². The Bertz CT molecular complexity index is 1670. The molecule has 1 saturated heterocycles. The Kier molecular flexibility index (Phi) is 14.1. The minimum absolute atomic E-state index is 0.0167. The summed E-state index contributed by atoms with van der Waals surface area (Å²) in [5, 5.41) is -0.153. The molecule has 0 saturated carbocycles. The van der Waals surface area contributed by atoms with Crippen LogP contribution in [0.25, 0.3) is 0 Å². The zero-order valence-electron chi connectivity index (χ0n) is 31.0. The maximum absolute atomic E-state index is 13.7. The third-order valence-corrected chi connectivity index (χ3v) is 14.6. The van der Waals surface area contributed by atoms with Crippen molar-refractivity contribution in [1.82, 2.24) is 0 Å². The molecule has 0 amide bonds. The Hall–Kier alpha value is -3.52. The van der Waals surface area contributed by atoms with Crippen LogP contribution in [-0.4, -0.2) is 57.9 Å². The van der Waals surface area contributed by atoms with Crippen molar-refractivity contribution in [2.75, 3.05) is 13.7 Å². The summed E-state index contributed by atoms with van der Waals surface area (Å²) in [5.41, 5.74) is 2.69. The van der Waals surface area contributed by atoms with Crippen LogP contribution in [0.15, 0.2) is 114 Å². The number of thioether (sulfide) groups is 1. The largest absolute Gasteiger partial charge is 0.497 e. The lowest BCUT2D eigenvalue weighted by Gasteiger charge is -2.46. The minimum atomic E-state index is -2.44. The smallest absolute Gasteiger partial charge is 0.338 e. The molecule has 4 aromatic carbocycles. The Balaban J connectivity index is 1.48. The fourth-order valence-corrected chi connectivity index (χ4v) is 6.78. The van der Waals surface area contributed by atoms with Crippen molar-refractivity contribution >= 4 is 26.0 Å². The maximum atomic E-state index is 13.7. The minimum Gasteiger partial charge on any atom is -0.497 e. The van der Waals surface area contributed by atoms with Gasteiger partial charge in [-0.3, -0.25) is 4.58 Å². The first kappa shape index (κ1) is 39.7. The summed E-state index contributed by atoms with van der Waals surface area (Å²) in [4.78, 5) is 32.6. The van der Waals surface area contributed by atoms with E-state index in [0.29, 0.717) is 5.56 Å². The zero-order chi connectivity index (χ0) is 37.1. The highest BCUT2D eigenvalue weighted by Crippen LogP contribution is 2.41. The van der Waals surface area contributed by atoms with E-state index in [2.05, 4.69) is 33.9 Å². The molecule has 5 rings (SSSR count). The van der Waals surface area contributed by atoms with Crippen molar-refractivity contribution < 1.29 is 43.0 Å². The third-order valence-electron chi connectivity index (χ3n) is 9.28. The SMILES string of the molecule is COc1ccc(COOC[C@@H]2O[C@@H](Sc3ccc(C)cc3)[C@H](OC(=O)c3ccccc3)[C@@H](OCc3ccccc3)[C@@H]2OO[Si](C)(C)C(C)(C)C)cc1. The van der Waals surface area contributed by atoms with Crippen LogP contribution in [0.4, 0.5) is 0 Å². The Morgan fingerprint density at radius 1 is 0.769 bits per heavy atom. The second-order valence-corrected chi connectivity index (χ2v) is 20.1. The van der Waals surface area contributed by atoms with E-state index in [4.69, 9.17) is 38.2 Å². The second kappa shape index (κ2) is 18.5. The Morgan fingerprint density at radius 3 is 2.04 bits per heavy atom. The van der Waals surface area contributed by atoms with E-state index in [1.807, 2.05) is 91.9 Å². The monoisotopic (exact) mass is 746 g/mol. The van der Waals surface area contributed by atoms with Gasteiger partial charge in [0.1, 0.15) is 42.7 Å². The predicted molar refractivity (Wildman–Crippen MR) is 203 cm³/mol. The van der Waals surface area contributed by atoms with Crippen LogP contribution in [0, 0.1) is 6.92 Å². The van der Waals surface area contributed by atoms with E-state index in [0.717, 1.165) is 27.3 Å². The maximum Gasteiger partial charge on any atom is 0.338 e. The van der Waals surface area contributed by atoms with E-state index in [9.17, 15) is 4.79 Å². The van der Waals surface area contributed by atoms with E-state index >= 15 is 0 Å². The number of esters is 1. The number of hydrogen-bond donors (Lipinski definition) is 0. The van der Waals surface area contributed by atoms with Crippen molar-refractivity contribution in [3.05, 3.63) is 131 Å². The van der Waals surface area contributed by atoms with E-state index in [1.54, 1.807) is 31.4 Å². The molecule has 278 valence electrons. The quantitative estimate of drug-likeness (QED) is 0.0364. The first-order chi connectivity index (χ1) is 24.9. The summed E-state index contributed by atoms with van der Waals surface area (Å²) in [6.45, 7) is 13.1. The highest BCUT2D eigenvalue weighted by Gasteiger charge is 2.52. The third kappa shape index (κ3) is 11.0. The number of benzene rings is 4. The van der Waals surface area contributed by atoms with Crippen LogP contribution in [0.5, 0.6) is 5.75 Å². The van der Waals surface area contributed by atoms with Crippen molar-refractivity contribution in [1.29, 1.82) is 0 Å². The van der Waals surface area contributed by atoms with Gasteiger partial charge in [-0.2, -0.15) is 0 Å². The molecule has 1 aliphatic rings. The van der Waals surface area contributed by atoms with Crippen molar-refractivity contribution in [2.45, 2.75) is 93.8 Å². The highest BCUT2D eigenvalue weighted by molar-refractivity contribution is 7.99. The first-order valence-corrected chi connectivity index (χ1v) is 21.2. The van der Waals surface area contributed by atoms with Crippen LogP contribution in [0.1, 0.15) is 47.8 Å². The molecule has 4 aromatic rings. The number of hydrogen-bond acceptors (Lipinski definition) is 10. The number of carbonyl (C=O) groups excluding carboxylic acids is 1. The summed E-state index contributed by atoms with van der Waals surface area (Å²) in [5.74, 6) is 0.252. The molecule has 0 spiro atoms. The van der Waals surface area contributed by atoms with Crippen molar-refractivity contribution in [3.63, 3.8) is 0 Å². The first-order valence-electron chi connectivity index (χ1n) is 17.5. The topological polar surface area (TPSA) is 90.9 Å². The van der Waals surface area contributed by atoms with E-state index in [1.165, 1.54) is 11.8 Å². The average Bonchev–Trinajstić information content (AvgIpc) is 3.14. The molecule has 9 nitrogen and oxygen atoms in total. The highest BCUT2D eigenvalue weighted by atomic mass is 32.2. The molecule has 11 heteroatoms. The van der Waals surface area contributed by atoms with E-state index in [-0.39, 0.29) is 24.9 Å². The molecule has 0 aliphatic carbocycles. The van der Waals surface area contributed by atoms with Gasteiger partial charge in [-0.15, -0.1) is 0 Å². The van der Waals surface area contributed by atoms with Gasteiger partial charge in [0.05, 0.1) is 19.3 Å². The van der Waals surface area contributed by atoms with Crippen molar-refractivity contribution in [2.24, 2.45) is 0 Å². The van der Waals surface area contributed by atoms with Gasteiger partial charge in [-0.1, -0.05) is 111 Å². The van der Waals surface area contributed by atoms with Crippen LogP contribution in [0.3, 0.4) is 0 Å². The normalized spacial score (nSPS) is 20.7. The number of carbonyl (C=O) groups is 1. The van der Waals surface area contributed by atoms with Crippen LogP contribution in [0.2, 0.25) is 18.1 Å². The lowest BCUT2D eigenvalue weighted by molar-refractivity contribution is -0.367. The molecule has 1 heterocycles. The van der Waals surface area contributed by atoms with Gasteiger partial charge >= 0.3 is 5.97 Å². The molecular weight excluding hydrogens is 697 g/mol. The molecule has 1 fully saturated rings. The Morgan fingerprint density at radius 2 is 1.40 bits per heavy atom. The number of methoxy groups -OCH3 is 1. The lowest BCUT2D eigenvalue weighted by atomic mass is 9.99. The number of rotatable bonds is 16. The lowest BCUT2D eigenvalue weighted by Crippen LogP contribution is -2.61. The van der Waals surface area contributed by atoms with Gasteiger partial charge in [-0.05, 0) is 72.6 Å². The predicted octanol–water partition coefficient (Wildman–Crippen LogP) is 9.10. The van der Waals surface area contributed by atoms with Crippen LogP contribution >= 0.6 is 11.8 Å². The van der Waals surface area contributed by atoms with Crippen molar-refractivity contribution in [3.8, 4) is 5.75 Å². The molecule has 52 heavy (non-hydrogen) atoms. The second-order valence-electron chi connectivity index (χ2n) is 14.3. The fourth-order valence-electron chi connectivity index (χ4n) is 5.07. The molecule has 5 atom stereocenters. The summed E-state index contributed by atoms with van der Waals surface area (Å²) in [7, 11) is -0.818. The van der Waals surface area contributed by atoms with Crippen LogP contribution in [-0.2, 0) is 46.7 Å². The van der Waals surface area contributed by atoms with Gasteiger partial charge in [0.2, 0.25) is 8.32 Å². The molecule has 0 bridgehead atoms. The molecule has 0 N–H and O–H groups in total. The Labute approximate surface area is 312 Å². The van der Waals surface area contributed by atoms with Gasteiger partial charge in [0.25, 0.3) is 0 Å². The zero-order valence-corrected chi connectivity index (χ0v) is 32.8. The van der Waals surface area contributed by atoms with Gasteiger partial charge in [0, 0.05) is 4.90 Å². The molecule has 0 aromatic heterocycles. The fraction of sp³-hybridized carbons (Fsp3) is 0.390. The number of ether oxygens (including phenoxy) is 4. The summed E-state index contributed by atoms with van der Waals surface area (Å²) in [6.07, 6.45) is -3.35.